The number of aldehydes is 1. The Morgan fingerprint density at radius 3 is 2.95 bits per heavy atom. The van der Waals surface area contributed by atoms with Crippen LogP contribution in [0.15, 0.2) is 42.7 Å². The van der Waals surface area contributed by atoms with Gasteiger partial charge in [-0.15, -0.1) is 0 Å². The zero-order valence-electron chi connectivity index (χ0n) is 11.8. The zero-order chi connectivity index (χ0) is 14.7. The second kappa shape index (κ2) is 5.75. The van der Waals surface area contributed by atoms with Gasteiger partial charge in [0.15, 0.2) is 6.29 Å². The van der Waals surface area contributed by atoms with E-state index in [-0.39, 0.29) is 0 Å². The zero-order valence-corrected chi connectivity index (χ0v) is 11.8. The third-order valence-electron chi connectivity index (χ3n) is 3.41. The third-order valence-corrected chi connectivity index (χ3v) is 3.41. The van der Waals surface area contributed by atoms with E-state index >= 15 is 0 Å². The highest BCUT2D eigenvalue weighted by molar-refractivity contribution is 5.96. The number of fused-ring (bicyclic) bond motifs is 1. The number of pyridine rings is 1. The molecule has 3 rings (SSSR count). The van der Waals surface area contributed by atoms with Gasteiger partial charge in [0.1, 0.15) is 5.69 Å². The van der Waals surface area contributed by atoms with Crippen molar-refractivity contribution in [2.45, 2.75) is 20.0 Å². The lowest BCUT2D eigenvalue weighted by Crippen LogP contribution is -1.99. The van der Waals surface area contributed by atoms with Crippen LogP contribution in [-0.4, -0.2) is 21.1 Å². The molecule has 3 aromatic rings. The molecule has 1 aromatic carbocycles. The molecular formula is C16H16N4O. The van der Waals surface area contributed by atoms with Crippen LogP contribution in [0, 0.1) is 0 Å². The summed E-state index contributed by atoms with van der Waals surface area (Å²) < 4.78 is 1.84. The number of carbonyl (C=O) groups is 1. The van der Waals surface area contributed by atoms with Crippen molar-refractivity contribution in [2.75, 3.05) is 5.32 Å². The van der Waals surface area contributed by atoms with Crippen molar-refractivity contribution >= 4 is 22.9 Å². The second-order valence-electron chi connectivity index (χ2n) is 4.77. The summed E-state index contributed by atoms with van der Waals surface area (Å²) in [5, 5.41) is 8.51. The first-order chi connectivity index (χ1) is 10.3. The highest BCUT2D eigenvalue weighted by atomic mass is 16.1. The van der Waals surface area contributed by atoms with Crippen molar-refractivity contribution in [3.05, 3.63) is 54.0 Å². The molecule has 0 saturated carbocycles. The Balaban J connectivity index is 1.88. The van der Waals surface area contributed by atoms with Gasteiger partial charge in [0.05, 0.1) is 5.52 Å². The van der Waals surface area contributed by atoms with E-state index in [0.29, 0.717) is 12.2 Å². The lowest BCUT2D eigenvalue weighted by atomic mass is 10.2. The van der Waals surface area contributed by atoms with E-state index in [9.17, 15) is 4.79 Å². The second-order valence-corrected chi connectivity index (χ2v) is 4.77. The Hall–Kier alpha value is -2.69. The summed E-state index contributed by atoms with van der Waals surface area (Å²) in [5.41, 5.74) is 3.53. The molecule has 5 heteroatoms. The molecule has 1 N–H and O–H groups in total. The van der Waals surface area contributed by atoms with Crippen LogP contribution in [0.25, 0.3) is 10.9 Å². The largest absolute Gasteiger partial charge is 0.381 e. The fraction of sp³-hybridized carbons (Fsp3) is 0.188. The predicted molar refractivity (Wildman–Crippen MR) is 82.4 cm³/mol. The van der Waals surface area contributed by atoms with Gasteiger partial charge in [-0.05, 0) is 36.8 Å². The van der Waals surface area contributed by atoms with Crippen molar-refractivity contribution in [2.24, 2.45) is 0 Å². The van der Waals surface area contributed by atoms with Crippen molar-refractivity contribution in [3.63, 3.8) is 0 Å². The standard InChI is InChI=1S/C16H16N4O/c1-2-20-16-6-5-13(8-14(16)15(11-21)19-20)18-10-12-4-3-7-17-9-12/h3-9,11,18H,2,10H2,1H3. The Morgan fingerprint density at radius 1 is 1.33 bits per heavy atom. The van der Waals surface area contributed by atoms with Crippen LogP contribution < -0.4 is 5.32 Å². The lowest BCUT2D eigenvalue weighted by molar-refractivity contribution is 0.111. The molecule has 0 saturated heterocycles. The fourth-order valence-corrected chi connectivity index (χ4v) is 2.35. The molecule has 0 spiro atoms. The number of aryl methyl sites for hydroxylation is 1. The smallest absolute Gasteiger partial charge is 0.170 e. The highest BCUT2D eigenvalue weighted by Crippen LogP contribution is 2.22. The van der Waals surface area contributed by atoms with Crippen LogP contribution >= 0.6 is 0 Å². The van der Waals surface area contributed by atoms with Gasteiger partial charge in [-0.2, -0.15) is 5.10 Å². The minimum Gasteiger partial charge on any atom is -0.381 e. The van der Waals surface area contributed by atoms with Gasteiger partial charge in [-0.25, -0.2) is 0 Å². The van der Waals surface area contributed by atoms with Crippen LogP contribution in [0.3, 0.4) is 0 Å². The highest BCUT2D eigenvalue weighted by Gasteiger charge is 2.09. The lowest BCUT2D eigenvalue weighted by Gasteiger charge is -2.06. The summed E-state index contributed by atoms with van der Waals surface area (Å²) >= 11 is 0. The maximum Gasteiger partial charge on any atom is 0.170 e. The quantitative estimate of drug-likeness (QED) is 0.730. The SMILES string of the molecule is CCn1nc(C=O)c2cc(NCc3cccnc3)ccc21. The molecule has 21 heavy (non-hydrogen) atoms. The summed E-state index contributed by atoms with van der Waals surface area (Å²) in [7, 11) is 0. The van der Waals surface area contributed by atoms with Crippen molar-refractivity contribution < 1.29 is 4.79 Å². The summed E-state index contributed by atoms with van der Waals surface area (Å²) in [6, 6.07) is 9.89. The summed E-state index contributed by atoms with van der Waals surface area (Å²) in [4.78, 5) is 15.2. The van der Waals surface area contributed by atoms with Gasteiger partial charge in [0.25, 0.3) is 0 Å². The molecule has 0 atom stereocenters. The van der Waals surface area contributed by atoms with Crippen LogP contribution in [0.5, 0.6) is 0 Å². The minimum atomic E-state index is 0.483. The van der Waals surface area contributed by atoms with Gasteiger partial charge in [-0.1, -0.05) is 6.07 Å². The summed E-state index contributed by atoms with van der Waals surface area (Å²) in [6.07, 6.45) is 4.39. The minimum absolute atomic E-state index is 0.483. The van der Waals surface area contributed by atoms with E-state index in [1.54, 1.807) is 6.20 Å². The molecule has 106 valence electrons. The molecule has 2 heterocycles. The van der Waals surface area contributed by atoms with Gasteiger partial charge < -0.3 is 5.32 Å². The number of aromatic nitrogens is 3. The van der Waals surface area contributed by atoms with Gasteiger partial charge in [0.2, 0.25) is 0 Å². The van der Waals surface area contributed by atoms with Crippen LogP contribution in [0.2, 0.25) is 0 Å². The maximum absolute atomic E-state index is 11.1. The third kappa shape index (κ3) is 2.63. The Bertz CT molecular complexity index is 765. The first-order valence-electron chi connectivity index (χ1n) is 6.90. The van der Waals surface area contributed by atoms with E-state index < -0.39 is 0 Å². The van der Waals surface area contributed by atoms with Crippen molar-refractivity contribution in [3.8, 4) is 0 Å². The number of rotatable bonds is 5. The summed E-state index contributed by atoms with van der Waals surface area (Å²) in [5.74, 6) is 0. The van der Waals surface area contributed by atoms with Gasteiger partial charge in [-0.3, -0.25) is 14.5 Å². The molecule has 0 aliphatic rings. The average Bonchev–Trinajstić information content (AvgIpc) is 2.91. The Kier molecular flexibility index (Phi) is 3.64. The first kappa shape index (κ1) is 13.3. The summed E-state index contributed by atoms with van der Waals surface area (Å²) in [6.45, 7) is 3.44. The molecule has 0 unspecified atom stereocenters. The topological polar surface area (TPSA) is 59.8 Å². The van der Waals surface area contributed by atoms with Gasteiger partial charge in [0, 0.05) is 36.6 Å². The van der Waals surface area contributed by atoms with E-state index in [1.807, 2.05) is 48.1 Å². The number of carbonyl (C=O) groups excluding carboxylic acids is 1. The molecule has 0 fully saturated rings. The van der Waals surface area contributed by atoms with E-state index in [1.165, 1.54) is 0 Å². The van der Waals surface area contributed by atoms with Crippen molar-refractivity contribution in [1.29, 1.82) is 0 Å². The normalized spacial score (nSPS) is 10.7. The molecule has 0 bridgehead atoms. The number of nitrogens with one attached hydrogen (secondary N) is 1. The van der Waals surface area contributed by atoms with E-state index in [4.69, 9.17) is 0 Å². The fourth-order valence-electron chi connectivity index (χ4n) is 2.35. The molecule has 0 aliphatic carbocycles. The maximum atomic E-state index is 11.1. The average molecular weight is 280 g/mol. The predicted octanol–water partition coefficient (Wildman–Crippen LogP) is 2.88. The molecule has 0 amide bonds. The molecule has 0 radical (unpaired) electrons. The number of anilines is 1. The molecule has 5 nitrogen and oxygen atoms in total. The monoisotopic (exact) mass is 280 g/mol. The Morgan fingerprint density at radius 2 is 2.24 bits per heavy atom. The van der Waals surface area contributed by atoms with Gasteiger partial charge >= 0.3 is 0 Å². The Labute approximate surface area is 122 Å². The van der Waals surface area contributed by atoms with E-state index in [2.05, 4.69) is 15.4 Å². The number of hydrogen-bond acceptors (Lipinski definition) is 4. The van der Waals surface area contributed by atoms with E-state index in [0.717, 1.165) is 35.0 Å². The molecule has 0 aliphatic heterocycles. The number of benzene rings is 1. The number of hydrogen-bond donors (Lipinski definition) is 1. The van der Waals surface area contributed by atoms with Crippen LogP contribution in [0.1, 0.15) is 23.0 Å². The molecule has 2 aromatic heterocycles. The molecular weight excluding hydrogens is 264 g/mol. The number of nitrogens with zero attached hydrogens (tertiary/aromatic N) is 3. The van der Waals surface area contributed by atoms with Crippen LogP contribution in [0.4, 0.5) is 5.69 Å². The van der Waals surface area contributed by atoms with Crippen LogP contribution in [-0.2, 0) is 13.1 Å². The van der Waals surface area contributed by atoms with Crippen molar-refractivity contribution in [1.82, 2.24) is 14.8 Å². The first-order valence-corrected chi connectivity index (χ1v) is 6.90.